The van der Waals surface area contributed by atoms with Gasteiger partial charge in [0.1, 0.15) is 11.8 Å². The lowest BCUT2D eigenvalue weighted by atomic mass is 10.3. The smallest absolute Gasteiger partial charge is 0.346 e. The van der Waals surface area contributed by atoms with Gasteiger partial charge in [-0.3, -0.25) is 0 Å². The third kappa shape index (κ3) is 3.98. The Labute approximate surface area is 154 Å². The Morgan fingerprint density at radius 1 is 1.32 bits per heavy atom. The molecule has 132 valence electrons. The lowest BCUT2D eigenvalue weighted by molar-refractivity contribution is -0.147. The molecule has 0 saturated carbocycles. The molecule has 0 unspecified atom stereocenters. The van der Waals surface area contributed by atoms with Gasteiger partial charge in [-0.05, 0) is 19.9 Å². The van der Waals surface area contributed by atoms with E-state index in [-0.39, 0.29) is 27.2 Å². The number of rotatable bonds is 5. The maximum atomic E-state index is 11.5. The number of methoxy groups -OCH3 is 1. The summed E-state index contributed by atoms with van der Waals surface area (Å²) >= 11 is 12.3. The number of carbonyl (C=O) groups excluding carboxylic acids is 1. The van der Waals surface area contributed by atoms with Crippen LogP contribution >= 0.6 is 23.2 Å². The first-order valence-corrected chi connectivity index (χ1v) is 7.89. The summed E-state index contributed by atoms with van der Waals surface area (Å²) < 4.78 is 17.3. The number of halogens is 2. The molecule has 2 rings (SSSR count). The molecule has 0 spiro atoms. The highest BCUT2D eigenvalue weighted by Crippen LogP contribution is 2.39. The summed E-state index contributed by atoms with van der Waals surface area (Å²) in [6.45, 7) is 3.24. The van der Waals surface area contributed by atoms with Gasteiger partial charge in [0.25, 0.3) is 0 Å². The molecule has 2 aromatic rings. The Kier molecular flexibility index (Phi) is 5.77. The number of hydrogen-bond acceptors (Lipinski definition) is 6. The molecule has 1 heterocycles. The topological polar surface area (TPSA) is 86.4 Å². The fourth-order valence-corrected chi connectivity index (χ4v) is 2.52. The first-order valence-electron chi connectivity index (χ1n) is 7.13. The summed E-state index contributed by atoms with van der Waals surface area (Å²) in [5.74, 6) is 0.260. The first kappa shape index (κ1) is 18.9. The van der Waals surface area contributed by atoms with Gasteiger partial charge in [-0.25, -0.2) is 9.48 Å². The van der Waals surface area contributed by atoms with Crippen LogP contribution in [0.15, 0.2) is 12.1 Å². The molecule has 0 aliphatic heterocycles. The summed E-state index contributed by atoms with van der Waals surface area (Å²) in [4.78, 5) is 11.5. The van der Waals surface area contributed by atoms with Crippen molar-refractivity contribution < 1.29 is 19.0 Å². The lowest BCUT2D eigenvalue weighted by Crippen LogP contribution is -2.25. The molecule has 1 aromatic carbocycles. The highest BCUT2D eigenvalue weighted by molar-refractivity contribution is 6.36. The van der Waals surface area contributed by atoms with Gasteiger partial charge < -0.3 is 14.2 Å². The van der Waals surface area contributed by atoms with Crippen LogP contribution in [0, 0.1) is 18.3 Å². The average molecular weight is 384 g/mol. The number of nitriles is 1. The van der Waals surface area contributed by atoms with Gasteiger partial charge in [-0.1, -0.05) is 23.2 Å². The fourth-order valence-electron chi connectivity index (χ4n) is 2.05. The van der Waals surface area contributed by atoms with Gasteiger partial charge in [-0.2, -0.15) is 10.4 Å². The van der Waals surface area contributed by atoms with E-state index in [1.54, 1.807) is 14.0 Å². The summed E-state index contributed by atoms with van der Waals surface area (Å²) in [6.07, 6.45) is -0.861. The number of carbonyl (C=O) groups is 1. The van der Waals surface area contributed by atoms with E-state index in [0.29, 0.717) is 11.4 Å². The van der Waals surface area contributed by atoms with Gasteiger partial charge in [0.2, 0.25) is 5.88 Å². The van der Waals surface area contributed by atoms with Crippen LogP contribution in [-0.4, -0.2) is 29.0 Å². The molecule has 25 heavy (non-hydrogen) atoms. The molecular formula is C16H15Cl2N3O4. The molecule has 9 heteroatoms. The zero-order valence-electron chi connectivity index (χ0n) is 14.0. The zero-order chi connectivity index (χ0) is 18.7. The zero-order valence-corrected chi connectivity index (χ0v) is 15.5. The van der Waals surface area contributed by atoms with E-state index in [1.807, 2.05) is 6.07 Å². The summed E-state index contributed by atoms with van der Waals surface area (Å²) in [6, 6.07) is 4.88. The van der Waals surface area contributed by atoms with Crippen molar-refractivity contribution in [3.05, 3.63) is 33.4 Å². The molecule has 0 aliphatic carbocycles. The van der Waals surface area contributed by atoms with Crippen LogP contribution < -0.4 is 9.47 Å². The molecule has 0 bridgehead atoms. The van der Waals surface area contributed by atoms with E-state index >= 15 is 0 Å². The van der Waals surface area contributed by atoms with E-state index in [9.17, 15) is 4.79 Å². The van der Waals surface area contributed by atoms with Gasteiger partial charge in [0, 0.05) is 18.7 Å². The number of esters is 1. The van der Waals surface area contributed by atoms with E-state index in [2.05, 4.69) is 9.84 Å². The molecule has 7 nitrogen and oxygen atoms in total. The highest BCUT2D eigenvalue weighted by Gasteiger charge is 2.20. The Balaban J connectivity index is 2.36. The molecule has 1 atom stereocenters. The van der Waals surface area contributed by atoms with E-state index in [4.69, 9.17) is 37.9 Å². The molecule has 0 saturated heterocycles. The minimum absolute atomic E-state index is 0.208. The lowest BCUT2D eigenvalue weighted by Gasteiger charge is -2.16. The average Bonchev–Trinajstić information content (AvgIpc) is 2.85. The summed E-state index contributed by atoms with van der Waals surface area (Å²) in [5, 5.41) is 13.5. The van der Waals surface area contributed by atoms with E-state index in [0.717, 1.165) is 0 Å². The van der Waals surface area contributed by atoms with Gasteiger partial charge >= 0.3 is 5.97 Å². The van der Waals surface area contributed by atoms with Gasteiger partial charge in [-0.15, -0.1) is 0 Å². The number of benzene rings is 1. The quantitative estimate of drug-likeness (QED) is 0.732. The van der Waals surface area contributed by atoms with Crippen molar-refractivity contribution in [2.24, 2.45) is 7.05 Å². The standard InChI is InChI=1S/C16H15Cl2N3O4/c1-8-12(7-19)20-21(3)15(8)25-14-6-13(10(17)5-11(14)18)24-9(2)16(22)23-4/h5-6,9H,1-4H3/t9-/m0/s1. The van der Waals surface area contributed by atoms with Gasteiger partial charge in [0.15, 0.2) is 17.5 Å². The summed E-state index contributed by atoms with van der Waals surface area (Å²) in [5.41, 5.74) is 0.819. The molecule has 0 fully saturated rings. The van der Waals surface area contributed by atoms with Gasteiger partial charge in [0.05, 0.1) is 17.2 Å². The summed E-state index contributed by atoms with van der Waals surface area (Å²) in [7, 11) is 2.90. The molecule has 0 amide bonds. The number of hydrogen-bond donors (Lipinski definition) is 0. The minimum Gasteiger partial charge on any atom is -0.477 e. The van der Waals surface area contributed by atoms with Crippen LogP contribution in [0.3, 0.4) is 0 Å². The van der Waals surface area contributed by atoms with Crippen LogP contribution in [0.4, 0.5) is 0 Å². The van der Waals surface area contributed by atoms with Crippen molar-refractivity contribution in [2.45, 2.75) is 20.0 Å². The fraction of sp³-hybridized carbons (Fsp3) is 0.312. The number of aryl methyl sites for hydroxylation is 1. The number of ether oxygens (including phenoxy) is 3. The Bertz CT molecular complexity index is 858. The predicted octanol–water partition coefficient (Wildman–Crippen LogP) is 3.64. The normalized spacial score (nSPS) is 11.6. The molecule has 0 N–H and O–H groups in total. The Morgan fingerprint density at radius 3 is 2.52 bits per heavy atom. The second kappa shape index (κ2) is 7.64. The number of aromatic nitrogens is 2. The third-order valence-corrected chi connectivity index (χ3v) is 3.95. The Hall–Kier alpha value is -2.43. The molecule has 1 aromatic heterocycles. The van der Waals surface area contributed by atoms with Crippen molar-refractivity contribution >= 4 is 29.2 Å². The molecule has 0 radical (unpaired) electrons. The van der Waals surface area contributed by atoms with Crippen molar-refractivity contribution in [1.82, 2.24) is 9.78 Å². The largest absolute Gasteiger partial charge is 0.477 e. The second-order valence-corrected chi connectivity index (χ2v) is 5.93. The SMILES string of the molecule is COC(=O)[C@H](C)Oc1cc(Oc2c(C)c(C#N)nn2C)c(Cl)cc1Cl. The maximum Gasteiger partial charge on any atom is 0.346 e. The van der Waals surface area contributed by atoms with Crippen molar-refractivity contribution in [3.8, 4) is 23.4 Å². The van der Waals surface area contributed by atoms with Crippen LogP contribution in [0.5, 0.6) is 17.4 Å². The predicted molar refractivity (Wildman–Crippen MR) is 91.3 cm³/mol. The highest BCUT2D eigenvalue weighted by atomic mass is 35.5. The monoisotopic (exact) mass is 383 g/mol. The van der Waals surface area contributed by atoms with Crippen molar-refractivity contribution in [3.63, 3.8) is 0 Å². The van der Waals surface area contributed by atoms with Crippen molar-refractivity contribution in [2.75, 3.05) is 7.11 Å². The van der Waals surface area contributed by atoms with E-state index in [1.165, 1.54) is 30.8 Å². The second-order valence-electron chi connectivity index (χ2n) is 5.11. The van der Waals surface area contributed by atoms with Crippen LogP contribution in [0.25, 0.3) is 0 Å². The Morgan fingerprint density at radius 2 is 1.96 bits per heavy atom. The van der Waals surface area contributed by atoms with Crippen LogP contribution in [0.1, 0.15) is 18.2 Å². The van der Waals surface area contributed by atoms with E-state index < -0.39 is 12.1 Å². The van der Waals surface area contributed by atoms with Crippen molar-refractivity contribution in [1.29, 1.82) is 5.26 Å². The minimum atomic E-state index is -0.861. The number of nitrogens with zero attached hydrogens (tertiary/aromatic N) is 3. The first-order chi connectivity index (χ1) is 11.8. The maximum absolute atomic E-state index is 11.5. The molecular weight excluding hydrogens is 369 g/mol. The molecule has 0 aliphatic rings. The third-order valence-electron chi connectivity index (χ3n) is 3.36. The van der Waals surface area contributed by atoms with Crippen LogP contribution in [0.2, 0.25) is 10.0 Å². The van der Waals surface area contributed by atoms with Crippen LogP contribution in [-0.2, 0) is 16.6 Å².